The summed E-state index contributed by atoms with van der Waals surface area (Å²) in [6, 6.07) is 36.4. The van der Waals surface area contributed by atoms with E-state index in [1.54, 1.807) is 6.21 Å². The van der Waals surface area contributed by atoms with Crippen molar-refractivity contribution in [3.05, 3.63) is 167 Å². The van der Waals surface area contributed by atoms with E-state index in [0.29, 0.717) is 12.6 Å². The van der Waals surface area contributed by atoms with Crippen molar-refractivity contribution in [2.24, 2.45) is 5.73 Å². The Morgan fingerprint density at radius 1 is 0.782 bits per heavy atom. The van der Waals surface area contributed by atoms with Gasteiger partial charge in [0.1, 0.15) is 0 Å². The molecule has 5 heteroatoms. The van der Waals surface area contributed by atoms with Crippen LogP contribution in [0, 0.1) is 17.7 Å². The lowest BCUT2D eigenvalue weighted by Crippen LogP contribution is -2.19. The molecule has 5 aromatic carbocycles. The molecule has 1 atom stereocenters. The molecule has 0 aliphatic heterocycles. The van der Waals surface area contributed by atoms with E-state index < -0.39 is 0 Å². The lowest BCUT2D eigenvalue weighted by atomic mass is 9.85. The van der Waals surface area contributed by atoms with Gasteiger partial charge in [-0.3, -0.25) is 0 Å². The SMILES string of the molecule is CC.Cc1ccccc1-n1c2c(c3c(C=N)c(NC4C=CCCC4)ccc31)CCc1c-2ccc2ccccc12.N=Cc1ccccc1.NCC1=CCCC=C1. The maximum atomic E-state index is 8.52. The number of allylic oxidation sites excluding steroid dienone is 3. The minimum absolute atomic E-state index is 0.325. The van der Waals surface area contributed by atoms with Crippen molar-refractivity contribution in [2.45, 2.75) is 71.8 Å². The number of fused-ring (bicyclic) bond motifs is 7. The maximum Gasteiger partial charge on any atom is 0.0576 e. The first-order chi connectivity index (χ1) is 27.1. The third-order valence-electron chi connectivity index (χ3n) is 10.6. The predicted octanol–water partition coefficient (Wildman–Crippen LogP) is 12.3. The monoisotopic (exact) mass is 725 g/mol. The number of para-hydroxylation sites is 1. The number of aromatic nitrogens is 1. The average Bonchev–Trinajstić information content (AvgIpc) is 3.60. The summed E-state index contributed by atoms with van der Waals surface area (Å²) >= 11 is 0. The van der Waals surface area contributed by atoms with Crippen molar-refractivity contribution < 1.29 is 0 Å². The standard InChI is InChI=1S/C34H31N3.C7H11N.C7H7N.C2H6/c1-22-9-5-8-14-31(22)37-32-20-19-30(36-24-11-3-2-4-12-24)29(21-35)33(32)28-18-17-26-25-13-7-6-10-23(25)15-16-27(26)34(28)37;2*8-6-7-4-2-1-3-5-7;1-2/h3,5-11,13-16,19-21,24,35-36H,2,4,12,17-18H2,1H3;2,4-5H,1,3,6,8H2;1-6,8H;1-2H3. The number of hydrogen-bond donors (Lipinski definition) is 4. The summed E-state index contributed by atoms with van der Waals surface area (Å²) < 4.78 is 2.46. The number of nitrogens with two attached hydrogens (primary N) is 1. The van der Waals surface area contributed by atoms with E-state index in [2.05, 4.69) is 120 Å². The highest BCUT2D eigenvalue weighted by Crippen LogP contribution is 2.46. The summed E-state index contributed by atoms with van der Waals surface area (Å²) in [5, 5.41) is 23.0. The Balaban J connectivity index is 0.000000236. The van der Waals surface area contributed by atoms with Gasteiger partial charge in [-0.2, -0.15) is 0 Å². The number of anilines is 1. The van der Waals surface area contributed by atoms with Crippen molar-refractivity contribution in [1.29, 1.82) is 10.8 Å². The van der Waals surface area contributed by atoms with E-state index in [1.807, 2.05) is 44.2 Å². The van der Waals surface area contributed by atoms with Crippen LogP contribution >= 0.6 is 0 Å². The van der Waals surface area contributed by atoms with E-state index in [-0.39, 0.29) is 0 Å². The summed E-state index contributed by atoms with van der Waals surface area (Å²) in [6.45, 7) is 6.89. The van der Waals surface area contributed by atoms with Crippen molar-refractivity contribution >= 4 is 39.8 Å². The Bertz CT molecular complexity index is 2340. The second-order valence-corrected chi connectivity index (χ2v) is 14.0. The van der Waals surface area contributed by atoms with Crippen LogP contribution in [0.1, 0.15) is 73.8 Å². The lowest BCUT2D eigenvalue weighted by molar-refractivity contribution is 0.674. The summed E-state index contributed by atoms with van der Waals surface area (Å²) in [4.78, 5) is 0. The molecular weight excluding hydrogens is 671 g/mol. The molecule has 280 valence electrons. The first kappa shape index (κ1) is 38.9. The van der Waals surface area contributed by atoms with E-state index in [9.17, 15) is 0 Å². The molecule has 6 aromatic rings. The zero-order valence-electron chi connectivity index (χ0n) is 32.6. The van der Waals surface area contributed by atoms with Crippen LogP contribution in [-0.2, 0) is 12.8 Å². The minimum Gasteiger partial charge on any atom is -0.378 e. The molecular formula is C50H55N5. The van der Waals surface area contributed by atoms with E-state index in [1.165, 1.54) is 86.4 Å². The molecule has 5 nitrogen and oxygen atoms in total. The first-order valence-corrected chi connectivity index (χ1v) is 19.9. The fraction of sp³-hybridized carbons (Fsp3) is 0.240. The Labute approximate surface area is 327 Å². The second kappa shape index (κ2) is 19.0. The van der Waals surface area contributed by atoms with Gasteiger partial charge in [0.15, 0.2) is 0 Å². The van der Waals surface area contributed by atoms with Crippen molar-refractivity contribution in [1.82, 2.24) is 4.57 Å². The molecule has 1 aromatic heterocycles. The van der Waals surface area contributed by atoms with Crippen LogP contribution in [0.2, 0.25) is 0 Å². The van der Waals surface area contributed by atoms with Crippen LogP contribution in [0.5, 0.6) is 0 Å². The van der Waals surface area contributed by atoms with Crippen LogP contribution in [0.15, 0.2) is 139 Å². The van der Waals surface area contributed by atoms with Crippen molar-refractivity contribution in [3.63, 3.8) is 0 Å². The molecule has 9 rings (SSSR count). The smallest absolute Gasteiger partial charge is 0.0576 e. The Kier molecular flexibility index (Phi) is 13.5. The highest BCUT2D eigenvalue weighted by atomic mass is 15.0. The number of nitrogens with zero attached hydrogens (tertiary/aromatic N) is 1. The highest BCUT2D eigenvalue weighted by Gasteiger charge is 2.29. The fourth-order valence-electron chi connectivity index (χ4n) is 7.93. The molecule has 3 aliphatic rings. The summed E-state index contributed by atoms with van der Waals surface area (Å²) in [5.41, 5.74) is 18.7. The van der Waals surface area contributed by atoms with Gasteiger partial charge in [-0.1, -0.05) is 129 Å². The zero-order valence-corrected chi connectivity index (χ0v) is 32.6. The summed E-state index contributed by atoms with van der Waals surface area (Å²) in [7, 11) is 0. The number of rotatable bonds is 6. The van der Waals surface area contributed by atoms with Gasteiger partial charge in [0.25, 0.3) is 0 Å². The maximum absolute atomic E-state index is 8.52. The molecule has 1 heterocycles. The van der Waals surface area contributed by atoms with Gasteiger partial charge in [-0.15, -0.1) is 0 Å². The van der Waals surface area contributed by atoms with E-state index in [0.717, 1.165) is 42.5 Å². The van der Waals surface area contributed by atoms with Gasteiger partial charge in [0, 0.05) is 52.9 Å². The lowest BCUT2D eigenvalue weighted by Gasteiger charge is -2.22. The summed E-state index contributed by atoms with van der Waals surface area (Å²) in [5.74, 6) is 0. The Morgan fingerprint density at radius 3 is 2.22 bits per heavy atom. The van der Waals surface area contributed by atoms with Gasteiger partial charge in [0.2, 0.25) is 0 Å². The normalized spacial score (nSPS) is 15.1. The molecule has 55 heavy (non-hydrogen) atoms. The molecule has 0 amide bonds. The highest BCUT2D eigenvalue weighted by molar-refractivity contribution is 6.09. The number of benzene rings is 5. The first-order valence-electron chi connectivity index (χ1n) is 19.9. The molecule has 5 N–H and O–H groups in total. The topological polar surface area (TPSA) is 90.7 Å². The molecule has 0 bridgehead atoms. The Hall–Kier alpha value is -5.78. The van der Waals surface area contributed by atoms with Crippen LogP contribution in [0.3, 0.4) is 0 Å². The molecule has 0 saturated heterocycles. The third-order valence-corrected chi connectivity index (χ3v) is 10.6. The van der Waals surface area contributed by atoms with Gasteiger partial charge >= 0.3 is 0 Å². The van der Waals surface area contributed by atoms with Gasteiger partial charge in [0.05, 0.1) is 11.2 Å². The molecule has 0 radical (unpaired) electrons. The third kappa shape index (κ3) is 8.64. The Morgan fingerprint density at radius 2 is 1.55 bits per heavy atom. The number of nitrogens with one attached hydrogen (secondary N) is 3. The quantitative estimate of drug-likeness (QED) is 0.102. The van der Waals surface area contributed by atoms with Crippen LogP contribution < -0.4 is 11.1 Å². The van der Waals surface area contributed by atoms with Gasteiger partial charge in [-0.25, -0.2) is 0 Å². The number of hydrogen-bond acceptors (Lipinski definition) is 4. The molecule has 0 fully saturated rings. The van der Waals surface area contributed by atoms with Gasteiger partial charge in [-0.05, 0) is 109 Å². The van der Waals surface area contributed by atoms with Crippen molar-refractivity contribution in [3.8, 4) is 16.9 Å². The molecule has 3 aliphatic carbocycles. The summed E-state index contributed by atoms with van der Waals surface area (Å²) in [6.07, 6.45) is 21.8. The molecule has 0 spiro atoms. The second-order valence-electron chi connectivity index (χ2n) is 14.0. The largest absolute Gasteiger partial charge is 0.378 e. The molecule has 0 saturated carbocycles. The fourth-order valence-corrected chi connectivity index (χ4v) is 7.93. The van der Waals surface area contributed by atoms with Crippen LogP contribution in [-0.4, -0.2) is 29.6 Å². The van der Waals surface area contributed by atoms with E-state index >= 15 is 0 Å². The van der Waals surface area contributed by atoms with Gasteiger partial charge < -0.3 is 26.4 Å². The minimum atomic E-state index is 0.325. The predicted molar refractivity (Wildman–Crippen MR) is 238 cm³/mol. The number of aryl methyl sites for hydroxylation is 3. The average molecular weight is 726 g/mol. The molecule has 1 unspecified atom stereocenters. The zero-order chi connectivity index (χ0) is 38.6. The van der Waals surface area contributed by atoms with Crippen LogP contribution in [0.4, 0.5) is 5.69 Å². The van der Waals surface area contributed by atoms with Crippen LogP contribution in [0.25, 0.3) is 38.6 Å². The van der Waals surface area contributed by atoms with Crippen molar-refractivity contribution in [2.75, 3.05) is 11.9 Å². The van der Waals surface area contributed by atoms with E-state index in [4.69, 9.17) is 16.6 Å².